The van der Waals surface area contributed by atoms with E-state index < -0.39 is 23.7 Å². The zero-order chi connectivity index (χ0) is 32.6. The van der Waals surface area contributed by atoms with Gasteiger partial charge in [-0.2, -0.15) is 13.2 Å². The number of halogens is 3. The summed E-state index contributed by atoms with van der Waals surface area (Å²) in [5.74, 6) is -0.592. The number of ether oxygens (including phenoxy) is 2. The fourth-order valence-electron chi connectivity index (χ4n) is 5.81. The van der Waals surface area contributed by atoms with Gasteiger partial charge in [-0.1, -0.05) is 6.58 Å². The summed E-state index contributed by atoms with van der Waals surface area (Å²) in [4.78, 5) is 49.9. The maximum Gasteiger partial charge on any atom is 0.417 e. The highest BCUT2D eigenvalue weighted by molar-refractivity contribution is 5.90. The molecule has 3 aromatic heterocycles. The molecule has 0 atom stereocenters. The average Bonchev–Trinajstić information content (AvgIpc) is 3.40. The van der Waals surface area contributed by atoms with E-state index in [9.17, 15) is 27.6 Å². The summed E-state index contributed by atoms with van der Waals surface area (Å²) < 4.78 is 54.2. The Hall–Kier alpha value is -4.77. The van der Waals surface area contributed by atoms with Crippen LogP contribution in [0.1, 0.15) is 11.1 Å². The molecule has 17 heteroatoms. The summed E-state index contributed by atoms with van der Waals surface area (Å²) in [6.45, 7) is 8.50. The van der Waals surface area contributed by atoms with Crippen molar-refractivity contribution in [2.24, 2.45) is 5.41 Å². The number of methoxy groups -OCH3 is 1. The Balaban J connectivity index is 1.26. The van der Waals surface area contributed by atoms with Crippen molar-refractivity contribution < 1.29 is 37.0 Å². The minimum atomic E-state index is -4.80. The lowest BCUT2D eigenvalue weighted by atomic mass is 9.78. The summed E-state index contributed by atoms with van der Waals surface area (Å²) >= 11 is 0. The van der Waals surface area contributed by atoms with E-state index >= 15 is 0 Å². The third kappa shape index (κ3) is 6.32. The number of anilines is 2. The first-order valence-electron chi connectivity index (χ1n) is 14.5. The fourth-order valence-corrected chi connectivity index (χ4v) is 5.81. The fraction of sp³-hybridized carbons (Fsp3) is 0.448. The molecule has 6 heterocycles. The molecule has 3 fully saturated rings. The van der Waals surface area contributed by atoms with E-state index in [-0.39, 0.29) is 35.1 Å². The second kappa shape index (κ2) is 12.2. The Labute approximate surface area is 261 Å². The van der Waals surface area contributed by atoms with Gasteiger partial charge in [0.05, 0.1) is 43.4 Å². The van der Waals surface area contributed by atoms with Crippen LogP contribution < -0.4 is 15.5 Å². The summed E-state index contributed by atoms with van der Waals surface area (Å²) in [7, 11) is 1.09. The van der Waals surface area contributed by atoms with E-state index in [0.717, 1.165) is 31.0 Å². The van der Waals surface area contributed by atoms with Gasteiger partial charge in [0.2, 0.25) is 11.8 Å². The smallest absolute Gasteiger partial charge is 0.417 e. The van der Waals surface area contributed by atoms with Gasteiger partial charge in [0.15, 0.2) is 11.6 Å². The SMILES string of the molecule is C=CC(=O)NCC(=O)N1CCN(Cc2cc3c(N4CC5(COC5)C4)nc(-c4cnc(NC(=O)OC)cc4C(F)(F)F)nn3c2)CC1. The number of pyridine rings is 1. The normalized spacial score (nSPS) is 17.7. The molecule has 3 aliphatic rings. The first-order chi connectivity index (χ1) is 22.0. The van der Waals surface area contributed by atoms with Crippen molar-refractivity contribution in [3.63, 3.8) is 0 Å². The summed E-state index contributed by atoms with van der Waals surface area (Å²) in [6.07, 6.45) is -1.88. The van der Waals surface area contributed by atoms with Gasteiger partial charge in [0.1, 0.15) is 11.3 Å². The second-order valence-corrected chi connectivity index (χ2v) is 11.6. The topological polar surface area (TPSA) is 147 Å². The van der Waals surface area contributed by atoms with Crippen LogP contribution in [0.25, 0.3) is 16.9 Å². The highest BCUT2D eigenvalue weighted by Crippen LogP contribution is 2.42. The van der Waals surface area contributed by atoms with Gasteiger partial charge in [-0.05, 0) is 23.8 Å². The third-order valence-electron chi connectivity index (χ3n) is 8.27. The number of aromatic nitrogens is 4. The molecule has 0 aromatic carbocycles. The average molecular weight is 644 g/mol. The number of carbonyl (C=O) groups is 3. The van der Waals surface area contributed by atoms with Gasteiger partial charge >= 0.3 is 12.3 Å². The summed E-state index contributed by atoms with van der Waals surface area (Å²) in [5.41, 5.74) is 0.137. The molecule has 0 radical (unpaired) electrons. The molecule has 0 unspecified atom stereocenters. The first kappa shape index (κ1) is 31.2. The van der Waals surface area contributed by atoms with E-state index in [0.29, 0.717) is 70.4 Å². The number of fused-ring (bicyclic) bond motifs is 1. The van der Waals surface area contributed by atoms with Crippen LogP contribution in [0, 0.1) is 5.41 Å². The lowest BCUT2D eigenvalue weighted by Crippen LogP contribution is -2.66. The largest absolute Gasteiger partial charge is 0.453 e. The molecule has 2 N–H and O–H groups in total. The lowest BCUT2D eigenvalue weighted by molar-refractivity contribution is -0.137. The Morgan fingerprint density at radius 3 is 2.52 bits per heavy atom. The van der Waals surface area contributed by atoms with Crippen molar-refractivity contribution in [1.29, 1.82) is 0 Å². The molecule has 0 saturated carbocycles. The van der Waals surface area contributed by atoms with Crippen LogP contribution in [-0.4, -0.2) is 113 Å². The van der Waals surface area contributed by atoms with Crippen molar-refractivity contribution in [2.75, 3.05) is 76.4 Å². The minimum absolute atomic E-state index is 0.0169. The van der Waals surface area contributed by atoms with Gasteiger partial charge in [0, 0.05) is 58.2 Å². The summed E-state index contributed by atoms with van der Waals surface area (Å²) in [5, 5.41) is 9.14. The number of nitrogens with zero attached hydrogens (tertiary/aromatic N) is 7. The van der Waals surface area contributed by atoms with Crippen LogP contribution in [-0.2, 0) is 31.8 Å². The first-order valence-corrected chi connectivity index (χ1v) is 14.5. The van der Waals surface area contributed by atoms with Crippen LogP contribution >= 0.6 is 0 Å². The minimum Gasteiger partial charge on any atom is -0.453 e. The molecule has 14 nitrogen and oxygen atoms in total. The van der Waals surface area contributed by atoms with E-state index in [2.05, 4.69) is 41.9 Å². The van der Waals surface area contributed by atoms with Crippen molar-refractivity contribution in [3.05, 3.63) is 48.3 Å². The Morgan fingerprint density at radius 1 is 1.15 bits per heavy atom. The highest BCUT2D eigenvalue weighted by Gasteiger charge is 2.50. The zero-order valence-electron chi connectivity index (χ0n) is 25.0. The standard InChI is InChI=1S/C29H32F3N9O5/c1-3-23(42)34-11-24(43)39-6-4-38(5-7-39)12-18-8-21-26(40-14-28(15-40)16-46-17-28)36-25(37-41(21)13-18)19-10-33-22(35-27(44)45-2)9-20(19)29(30,31)32/h3,8-10,13H,1,4-7,11-12,14-17H2,2H3,(H,34,42)(H,33,35,44). The Morgan fingerprint density at radius 2 is 1.89 bits per heavy atom. The number of nitrogens with one attached hydrogen (secondary N) is 2. The third-order valence-corrected chi connectivity index (χ3v) is 8.27. The molecule has 0 aliphatic carbocycles. The lowest BCUT2D eigenvalue weighted by Gasteiger charge is -2.55. The van der Waals surface area contributed by atoms with Gasteiger partial charge in [-0.25, -0.2) is 19.3 Å². The van der Waals surface area contributed by atoms with Crippen molar-refractivity contribution >= 4 is 35.1 Å². The maximum atomic E-state index is 14.3. The predicted octanol–water partition coefficient (Wildman–Crippen LogP) is 1.77. The van der Waals surface area contributed by atoms with E-state index in [1.54, 1.807) is 11.1 Å². The highest BCUT2D eigenvalue weighted by atomic mass is 19.4. The number of carbonyl (C=O) groups excluding carboxylic acids is 3. The Kier molecular flexibility index (Phi) is 8.28. The second-order valence-electron chi connectivity index (χ2n) is 11.6. The van der Waals surface area contributed by atoms with Crippen LogP contribution in [0.3, 0.4) is 0 Å². The maximum absolute atomic E-state index is 14.3. The van der Waals surface area contributed by atoms with Crippen LogP contribution in [0.4, 0.5) is 29.6 Å². The quantitative estimate of drug-likeness (QED) is 0.348. The van der Waals surface area contributed by atoms with E-state index in [1.165, 1.54) is 4.52 Å². The summed E-state index contributed by atoms with van der Waals surface area (Å²) in [6, 6.07) is 2.65. The number of hydrogen-bond donors (Lipinski definition) is 2. The molecule has 3 aliphatic heterocycles. The molecule has 6 rings (SSSR count). The molecule has 3 amide bonds. The van der Waals surface area contributed by atoms with E-state index in [1.807, 2.05) is 11.0 Å². The number of rotatable bonds is 8. The van der Waals surface area contributed by atoms with Gasteiger partial charge in [-0.3, -0.25) is 19.8 Å². The number of piperazine rings is 1. The van der Waals surface area contributed by atoms with E-state index in [4.69, 9.17) is 4.74 Å². The van der Waals surface area contributed by atoms with Crippen molar-refractivity contribution in [3.8, 4) is 11.4 Å². The molecular formula is C29H32F3N9O5. The zero-order valence-corrected chi connectivity index (χ0v) is 25.0. The number of alkyl halides is 3. The van der Waals surface area contributed by atoms with Crippen LogP contribution in [0.5, 0.6) is 0 Å². The van der Waals surface area contributed by atoms with Gasteiger partial charge in [0.25, 0.3) is 0 Å². The van der Waals surface area contributed by atoms with Gasteiger partial charge < -0.3 is 24.6 Å². The van der Waals surface area contributed by atoms with Crippen molar-refractivity contribution in [1.82, 2.24) is 34.7 Å². The molecule has 0 bridgehead atoms. The van der Waals surface area contributed by atoms with Crippen LogP contribution in [0.2, 0.25) is 0 Å². The van der Waals surface area contributed by atoms with Crippen LogP contribution in [0.15, 0.2) is 37.2 Å². The number of amides is 3. The molecule has 3 saturated heterocycles. The molecular weight excluding hydrogens is 611 g/mol. The monoisotopic (exact) mass is 643 g/mol. The van der Waals surface area contributed by atoms with Gasteiger partial charge in [-0.15, -0.1) is 5.10 Å². The van der Waals surface area contributed by atoms with Crippen molar-refractivity contribution in [2.45, 2.75) is 12.7 Å². The Bertz CT molecular complexity index is 1670. The predicted molar refractivity (Wildman–Crippen MR) is 158 cm³/mol. The number of hydrogen-bond acceptors (Lipinski definition) is 10. The molecule has 1 spiro atoms. The molecule has 46 heavy (non-hydrogen) atoms. The molecule has 3 aromatic rings. The molecule has 244 valence electrons.